The molecule has 0 atom stereocenters. The molecule has 2 aliphatic rings. The van der Waals surface area contributed by atoms with Crippen molar-refractivity contribution >= 4 is 17.5 Å². The van der Waals surface area contributed by atoms with Crippen LogP contribution in [0.25, 0.3) is 0 Å². The van der Waals surface area contributed by atoms with Crippen molar-refractivity contribution in [2.45, 2.75) is 38.5 Å². The summed E-state index contributed by atoms with van der Waals surface area (Å²) in [6.45, 7) is 4.36. The van der Waals surface area contributed by atoms with Gasteiger partial charge in [-0.2, -0.15) is 0 Å². The maximum Gasteiger partial charge on any atom is 0.253 e. The normalized spacial score (nSPS) is 20.3. The molecular formula is C26H33ClN2O2. The summed E-state index contributed by atoms with van der Waals surface area (Å²) in [4.78, 5) is 17.4. The third kappa shape index (κ3) is 5.61. The first-order chi connectivity index (χ1) is 15.0. The van der Waals surface area contributed by atoms with Gasteiger partial charge in [0.2, 0.25) is 0 Å². The Hall–Kier alpha value is -2.04. The first-order valence-electron chi connectivity index (χ1n) is 11.5. The van der Waals surface area contributed by atoms with Crippen LogP contribution >= 0.6 is 11.6 Å². The van der Waals surface area contributed by atoms with Gasteiger partial charge in [-0.05, 0) is 80.5 Å². The summed E-state index contributed by atoms with van der Waals surface area (Å²) in [5, 5.41) is 0.664. The van der Waals surface area contributed by atoms with Gasteiger partial charge in [0.05, 0.1) is 0 Å². The molecule has 5 heteroatoms. The van der Waals surface area contributed by atoms with Gasteiger partial charge in [0.1, 0.15) is 12.4 Å². The third-order valence-corrected chi connectivity index (χ3v) is 7.17. The number of rotatable bonds is 1. The van der Waals surface area contributed by atoms with Gasteiger partial charge in [0.15, 0.2) is 0 Å². The topological polar surface area (TPSA) is 32.8 Å². The second kappa shape index (κ2) is 10.1. The Morgan fingerprint density at radius 2 is 1.71 bits per heavy atom. The van der Waals surface area contributed by atoms with Crippen LogP contribution in [0, 0.1) is 5.41 Å². The Balaban J connectivity index is 1.40. The highest BCUT2D eigenvalue weighted by Crippen LogP contribution is 2.38. The second-order valence-electron chi connectivity index (χ2n) is 9.20. The van der Waals surface area contributed by atoms with E-state index in [0.717, 1.165) is 56.8 Å². The molecule has 31 heavy (non-hydrogen) atoms. The van der Waals surface area contributed by atoms with Crippen LogP contribution in [0.4, 0.5) is 0 Å². The number of fused-ring (bicyclic) bond motifs is 1. The molecule has 1 saturated heterocycles. The number of aryl methyl sites for hydroxylation is 1. The van der Waals surface area contributed by atoms with Crippen LogP contribution in [-0.2, 0) is 6.42 Å². The predicted molar refractivity (Wildman–Crippen MR) is 126 cm³/mol. The molecule has 2 aromatic rings. The Labute approximate surface area is 191 Å². The number of halogens is 1. The maximum absolute atomic E-state index is 12.9. The van der Waals surface area contributed by atoms with Crippen molar-refractivity contribution in [2.75, 3.05) is 39.8 Å². The molecule has 4 rings (SSSR count). The molecule has 0 unspecified atom stereocenters. The standard InChI is InChI=1S/C26H33ClN2O2/c1-28-18-19-31-24-8-3-2-6-21(24)7-4-5-13-26(20-28)14-16-29(17-15-26)25(30)22-9-11-23(27)12-10-22/h2-3,6,8-12H,4-5,7,13-20H2,1H3. The van der Waals surface area contributed by atoms with Gasteiger partial charge in [-0.15, -0.1) is 0 Å². The van der Waals surface area contributed by atoms with E-state index in [1.54, 1.807) is 12.1 Å². The quantitative estimate of drug-likeness (QED) is 0.603. The molecule has 0 N–H and O–H groups in total. The summed E-state index contributed by atoms with van der Waals surface area (Å²) in [6.07, 6.45) is 6.82. The molecule has 1 fully saturated rings. The fraction of sp³-hybridized carbons (Fsp3) is 0.500. The number of piperidine rings is 1. The lowest BCUT2D eigenvalue weighted by molar-refractivity contribution is 0.0425. The Morgan fingerprint density at radius 3 is 2.48 bits per heavy atom. The van der Waals surface area contributed by atoms with E-state index in [9.17, 15) is 4.79 Å². The molecule has 4 nitrogen and oxygen atoms in total. The van der Waals surface area contributed by atoms with Crippen LogP contribution in [-0.4, -0.2) is 55.5 Å². The van der Waals surface area contributed by atoms with Crippen molar-refractivity contribution in [1.82, 2.24) is 9.80 Å². The summed E-state index contributed by atoms with van der Waals surface area (Å²) in [5.74, 6) is 1.17. The van der Waals surface area contributed by atoms with Crippen LogP contribution in [0.5, 0.6) is 5.75 Å². The smallest absolute Gasteiger partial charge is 0.253 e. The Bertz CT molecular complexity index is 875. The number of hydrogen-bond donors (Lipinski definition) is 0. The average molecular weight is 441 g/mol. The Kier molecular flexibility index (Phi) is 7.19. The van der Waals surface area contributed by atoms with Gasteiger partial charge in [-0.1, -0.05) is 36.2 Å². The highest BCUT2D eigenvalue weighted by Gasteiger charge is 2.36. The van der Waals surface area contributed by atoms with Crippen LogP contribution in [0.3, 0.4) is 0 Å². The van der Waals surface area contributed by atoms with Gasteiger partial charge < -0.3 is 14.5 Å². The van der Waals surface area contributed by atoms with E-state index < -0.39 is 0 Å². The van der Waals surface area contributed by atoms with Gasteiger partial charge in [-0.25, -0.2) is 0 Å². The number of likely N-dealkylation sites (N-methyl/N-ethyl adjacent to an activating group) is 1. The molecule has 2 aliphatic heterocycles. The number of likely N-dealkylation sites (tertiary alicyclic amines) is 1. The fourth-order valence-electron chi connectivity index (χ4n) is 5.08. The minimum absolute atomic E-state index is 0.123. The third-order valence-electron chi connectivity index (χ3n) is 6.91. The lowest BCUT2D eigenvalue weighted by atomic mass is 9.73. The SMILES string of the molecule is CN1CCOc2ccccc2CCCCC2(CCN(C(=O)c3ccc(Cl)cc3)CC2)C1. The number of hydrogen-bond acceptors (Lipinski definition) is 3. The molecule has 1 spiro atoms. The molecule has 0 bridgehead atoms. The summed E-state index contributed by atoms with van der Waals surface area (Å²) < 4.78 is 6.11. The number of carbonyl (C=O) groups excluding carboxylic acids is 1. The number of ether oxygens (including phenoxy) is 1. The van der Waals surface area contributed by atoms with Gasteiger partial charge in [-0.3, -0.25) is 4.79 Å². The highest BCUT2D eigenvalue weighted by atomic mass is 35.5. The average Bonchev–Trinajstić information content (AvgIpc) is 2.77. The molecule has 0 aliphatic carbocycles. The zero-order valence-corrected chi connectivity index (χ0v) is 19.2. The van der Waals surface area contributed by atoms with E-state index >= 15 is 0 Å². The number of nitrogens with zero attached hydrogens (tertiary/aromatic N) is 2. The molecule has 0 radical (unpaired) electrons. The lowest BCUT2D eigenvalue weighted by Crippen LogP contribution is -2.48. The minimum atomic E-state index is 0.123. The van der Waals surface area contributed by atoms with Gasteiger partial charge in [0, 0.05) is 36.8 Å². The van der Waals surface area contributed by atoms with Crippen LogP contribution in [0.1, 0.15) is 48.0 Å². The first kappa shape index (κ1) is 22.2. The van der Waals surface area contributed by atoms with Crippen LogP contribution in [0.15, 0.2) is 48.5 Å². The zero-order valence-electron chi connectivity index (χ0n) is 18.5. The monoisotopic (exact) mass is 440 g/mol. The fourth-order valence-corrected chi connectivity index (χ4v) is 5.20. The highest BCUT2D eigenvalue weighted by molar-refractivity contribution is 6.30. The number of benzene rings is 2. The molecule has 0 saturated carbocycles. The summed E-state index contributed by atoms with van der Waals surface area (Å²) in [7, 11) is 2.20. The van der Waals surface area contributed by atoms with Crippen molar-refractivity contribution in [3.8, 4) is 5.75 Å². The first-order valence-corrected chi connectivity index (χ1v) is 11.9. The zero-order chi connectivity index (χ0) is 21.7. The van der Waals surface area contributed by atoms with E-state index in [1.165, 1.54) is 24.8 Å². The van der Waals surface area contributed by atoms with Crippen molar-refractivity contribution in [3.63, 3.8) is 0 Å². The molecule has 1 amide bonds. The van der Waals surface area contributed by atoms with Crippen molar-refractivity contribution in [3.05, 3.63) is 64.7 Å². The van der Waals surface area contributed by atoms with Crippen LogP contribution < -0.4 is 4.74 Å². The largest absolute Gasteiger partial charge is 0.492 e. The van der Waals surface area contributed by atoms with Gasteiger partial charge >= 0.3 is 0 Å². The Morgan fingerprint density at radius 1 is 0.968 bits per heavy atom. The van der Waals surface area contributed by atoms with E-state index in [4.69, 9.17) is 16.3 Å². The van der Waals surface area contributed by atoms with Crippen LogP contribution in [0.2, 0.25) is 5.02 Å². The van der Waals surface area contributed by atoms with E-state index in [2.05, 4.69) is 36.2 Å². The van der Waals surface area contributed by atoms with Crippen molar-refractivity contribution in [2.24, 2.45) is 5.41 Å². The minimum Gasteiger partial charge on any atom is -0.492 e. The summed E-state index contributed by atoms with van der Waals surface area (Å²) >= 11 is 5.98. The maximum atomic E-state index is 12.9. The molecule has 2 aromatic carbocycles. The summed E-state index contributed by atoms with van der Waals surface area (Å²) in [5.41, 5.74) is 2.33. The molecular weight excluding hydrogens is 408 g/mol. The molecule has 2 heterocycles. The van der Waals surface area contributed by atoms with E-state index in [0.29, 0.717) is 11.6 Å². The summed E-state index contributed by atoms with van der Waals surface area (Å²) in [6, 6.07) is 15.7. The number of para-hydroxylation sites is 1. The van der Waals surface area contributed by atoms with Crippen molar-refractivity contribution in [1.29, 1.82) is 0 Å². The second-order valence-corrected chi connectivity index (χ2v) is 9.64. The van der Waals surface area contributed by atoms with E-state index in [-0.39, 0.29) is 11.3 Å². The number of amides is 1. The predicted octanol–water partition coefficient (Wildman–Crippen LogP) is 5.30. The molecule has 0 aromatic heterocycles. The molecule has 166 valence electrons. The lowest BCUT2D eigenvalue weighted by Gasteiger charge is -2.44. The van der Waals surface area contributed by atoms with Gasteiger partial charge in [0.25, 0.3) is 5.91 Å². The number of carbonyl (C=O) groups is 1. The van der Waals surface area contributed by atoms with E-state index in [1.807, 2.05) is 17.0 Å². The van der Waals surface area contributed by atoms with Crippen molar-refractivity contribution < 1.29 is 9.53 Å².